The van der Waals surface area contributed by atoms with Crippen LogP contribution in [0.15, 0.2) is 18.2 Å². The molecule has 1 aromatic carbocycles. The molecule has 2 rings (SSSR count). The Morgan fingerprint density at radius 1 is 1.33 bits per heavy atom. The molecule has 0 spiro atoms. The second kappa shape index (κ2) is 6.44. The van der Waals surface area contributed by atoms with E-state index in [4.69, 9.17) is 0 Å². The first-order valence-electron chi connectivity index (χ1n) is 7.45. The van der Waals surface area contributed by atoms with Crippen molar-refractivity contribution in [2.24, 2.45) is 5.92 Å². The summed E-state index contributed by atoms with van der Waals surface area (Å²) in [5.41, 5.74) is 1.67. The molecule has 0 bridgehead atoms. The summed E-state index contributed by atoms with van der Waals surface area (Å²) in [6.07, 6.45) is 4.71. The highest BCUT2D eigenvalue weighted by atomic mass is 32.2. The van der Waals surface area contributed by atoms with E-state index in [1.54, 1.807) is 13.0 Å². The standard InChI is InChI=1S/C16H24FNO2S/c1-11-9-13(7-8-15(11)17)16(18-2)12-5-4-6-14(10-12)21(3,19)20/h7-9,12,14,16,18H,4-6,10H2,1-3H3. The molecule has 118 valence electrons. The molecular weight excluding hydrogens is 289 g/mol. The monoisotopic (exact) mass is 313 g/mol. The van der Waals surface area contributed by atoms with Crippen LogP contribution < -0.4 is 5.32 Å². The van der Waals surface area contributed by atoms with Gasteiger partial charge in [0.25, 0.3) is 0 Å². The molecule has 0 aliphatic heterocycles. The number of aryl methyl sites for hydroxylation is 1. The molecule has 1 saturated carbocycles. The van der Waals surface area contributed by atoms with Crippen molar-refractivity contribution >= 4 is 9.84 Å². The van der Waals surface area contributed by atoms with Crippen LogP contribution in [0.1, 0.15) is 42.9 Å². The fourth-order valence-electron chi connectivity index (χ4n) is 3.41. The van der Waals surface area contributed by atoms with E-state index in [0.717, 1.165) is 24.8 Å². The Labute approximate surface area is 126 Å². The summed E-state index contributed by atoms with van der Waals surface area (Å²) in [5.74, 6) is 0.0691. The highest BCUT2D eigenvalue weighted by molar-refractivity contribution is 7.91. The van der Waals surface area contributed by atoms with Gasteiger partial charge in [0, 0.05) is 12.3 Å². The van der Waals surface area contributed by atoms with E-state index < -0.39 is 9.84 Å². The summed E-state index contributed by atoms with van der Waals surface area (Å²) in [5, 5.41) is 3.05. The lowest BCUT2D eigenvalue weighted by Gasteiger charge is -2.34. The topological polar surface area (TPSA) is 46.2 Å². The van der Waals surface area contributed by atoms with Crippen molar-refractivity contribution in [1.82, 2.24) is 5.32 Å². The van der Waals surface area contributed by atoms with Crippen molar-refractivity contribution in [3.63, 3.8) is 0 Å². The van der Waals surface area contributed by atoms with E-state index in [0.29, 0.717) is 12.0 Å². The van der Waals surface area contributed by atoms with Crippen molar-refractivity contribution in [3.05, 3.63) is 35.1 Å². The fraction of sp³-hybridized carbons (Fsp3) is 0.625. The first-order valence-corrected chi connectivity index (χ1v) is 9.40. The lowest BCUT2D eigenvalue weighted by atomic mass is 9.80. The minimum absolute atomic E-state index is 0.0776. The third-order valence-electron chi connectivity index (χ3n) is 4.60. The lowest BCUT2D eigenvalue weighted by Crippen LogP contribution is -2.34. The highest BCUT2D eigenvalue weighted by Gasteiger charge is 2.33. The van der Waals surface area contributed by atoms with Crippen LogP contribution in [0.2, 0.25) is 0 Å². The molecule has 1 aromatic rings. The fourth-order valence-corrected chi connectivity index (χ4v) is 4.60. The zero-order chi connectivity index (χ0) is 15.6. The molecule has 5 heteroatoms. The second-order valence-corrected chi connectivity index (χ2v) is 8.48. The zero-order valence-electron chi connectivity index (χ0n) is 12.9. The Bertz CT molecular complexity index is 600. The highest BCUT2D eigenvalue weighted by Crippen LogP contribution is 2.37. The Morgan fingerprint density at radius 3 is 2.62 bits per heavy atom. The maximum absolute atomic E-state index is 13.4. The van der Waals surface area contributed by atoms with Crippen LogP contribution in [0.25, 0.3) is 0 Å². The second-order valence-electron chi connectivity index (χ2n) is 6.15. The smallest absolute Gasteiger partial charge is 0.150 e. The maximum atomic E-state index is 13.4. The summed E-state index contributed by atoms with van der Waals surface area (Å²) >= 11 is 0. The maximum Gasteiger partial charge on any atom is 0.150 e. The summed E-state index contributed by atoms with van der Waals surface area (Å²) in [4.78, 5) is 0. The van der Waals surface area contributed by atoms with E-state index in [2.05, 4.69) is 5.32 Å². The summed E-state index contributed by atoms with van der Waals surface area (Å²) in [6, 6.07) is 5.23. The van der Waals surface area contributed by atoms with Gasteiger partial charge in [-0.05, 0) is 56.3 Å². The Hall–Kier alpha value is -0.940. The number of hydrogen-bond donors (Lipinski definition) is 1. The SMILES string of the molecule is CNC(c1ccc(F)c(C)c1)C1CCCC(S(C)(=O)=O)C1. The average molecular weight is 313 g/mol. The van der Waals surface area contributed by atoms with Crippen LogP contribution in [0.4, 0.5) is 4.39 Å². The van der Waals surface area contributed by atoms with Gasteiger partial charge in [-0.25, -0.2) is 12.8 Å². The molecule has 0 radical (unpaired) electrons. The van der Waals surface area contributed by atoms with Crippen LogP contribution in [0.3, 0.4) is 0 Å². The van der Waals surface area contributed by atoms with Gasteiger partial charge in [-0.1, -0.05) is 18.6 Å². The van der Waals surface area contributed by atoms with E-state index in [1.165, 1.54) is 12.3 Å². The molecule has 1 N–H and O–H groups in total. The average Bonchev–Trinajstić information content (AvgIpc) is 2.43. The molecular formula is C16H24FNO2S. The molecule has 3 atom stereocenters. The molecule has 1 aliphatic carbocycles. The van der Waals surface area contributed by atoms with E-state index in [9.17, 15) is 12.8 Å². The summed E-state index contributed by atoms with van der Waals surface area (Å²) in [6.45, 7) is 1.76. The molecule has 0 saturated heterocycles. The number of hydrogen-bond acceptors (Lipinski definition) is 3. The van der Waals surface area contributed by atoms with Gasteiger partial charge in [0.1, 0.15) is 15.7 Å². The lowest BCUT2D eigenvalue weighted by molar-refractivity contribution is 0.282. The van der Waals surface area contributed by atoms with Gasteiger partial charge < -0.3 is 5.32 Å². The number of rotatable bonds is 4. The normalized spacial score (nSPS) is 24.8. The van der Waals surface area contributed by atoms with Crippen LogP contribution in [-0.2, 0) is 9.84 Å². The van der Waals surface area contributed by atoms with Crippen molar-refractivity contribution < 1.29 is 12.8 Å². The number of nitrogens with one attached hydrogen (secondary N) is 1. The summed E-state index contributed by atoms with van der Waals surface area (Å²) < 4.78 is 37.0. The van der Waals surface area contributed by atoms with Crippen molar-refractivity contribution in [2.75, 3.05) is 13.3 Å². The minimum Gasteiger partial charge on any atom is -0.313 e. The molecule has 0 amide bonds. The molecule has 3 unspecified atom stereocenters. The molecule has 0 aromatic heterocycles. The van der Waals surface area contributed by atoms with E-state index in [1.807, 2.05) is 13.1 Å². The van der Waals surface area contributed by atoms with Gasteiger partial charge in [0.2, 0.25) is 0 Å². The number of benzene rings is 1. The van der Waals surface area contributed by atoms with Crippen LogP contribution in [0.5, 0.6) is 0 Å². The van der Waals surface area contributed by atoms with Gasteiger partial charge in [0.15, 0.2) is 0 Å². The van der Waals surface area contributed by atoms with Crippen LogP contribution >= 0.6 is 0 Å². The first kappa shape index (κ1) is 16.4. The van der Waals surface area contributed by atoms with Crippen LogP contribution in [-0.4, -0.2) is 27.0 Å². The molecule has 1 fully saturated rings. The largest absolute Gasteiger partial charge is 0.313 e. The third kappa shape index (κ3) is 3.83. The number of halogens is 1. The Kier molecular flexibility index (Phi) is 5.04. The number of sulfone groups is 1. The molecule has 1 aliphatic rings. The van der Waals surface area contributed by atoms with Gasteiger partial charge >= 0.3 is 0 Å². The zero-order valence-corrected chi connectivity index (χ0v) is 13.7. The minimum atomic E-state index is -2.99. The molecule has 21 heavy (non-hydrogen) atoms. The van der Waals surface area contributed by atoms with E-state index >= 15 is 0 Å². The predicted molar refractivity (Wildman–Crippen MR) is 83.5 cm³/mol. The quantitative estimate of drug-likeness (QED) is 0.929. The van der Waals surface area contributed by atoms with Crippen molar-refractivity contribution in [2.45, 2.75) is 43.9 Å². The predicted octanol–water partition coefficient (Wildman–Crippen LogP) is 3.00. The molecule has 3 nitrogen and oxygen atoms in total. The van der Waals surface area contributed by atoms with E-state index in [-0.39, 0.29) is 23.0 Å². The third-order valence-corrected chi connectivity index (χ3v) is 6.23. The Balaban J connectivity index is 2.22. The first-order chi connectivity index (χ1) is 9.82. The van der Waals surface area contributed by atoms with Gasteiger partial charge in [-0.15, -0.1) is 0 Å². The van der Waals surface area contributed by atoms with Crippen LogP contribution in [0, 0.1) is 18.7 Å². The van der Waals surface area contributed by atoms with Crippen molar-refractivity contribution in [3.8, 4) is 0 Å². The van der Waals surface area contributed by atoms with Gasteiger partial charge in [-0.3, -0.25) is 0 Å². The van der Waals surface area contributed by atoms with Crippen molar-refractivity contribution in [1.29, 1.82) is 0 Å². The Morgan fingerprint density at radius 2 is 2.05 bits per heavy atom. The summed E-state index contributed by atoms with van der Waals surface area (Å²) in [7, 11) is -1.10. The van der Waals surface area contributed by atoms with Gasteiger partial charge in [0.05, 0.1) is 5.25 Å². The molecule has 0 heterocycles. The van der Waals surface area contributed by atoms with Gasteiger partial charge in [-0.2, -0.15) is 0 Å².